The molecule has 0 heterocycles. The van der Waals surface area contributed by atoms with Gasteiger partial charge in [0, 0.05) is 0 Å². The van der Waals surface area contributed by atoms with E-state index in [9.17, 15) is 30.6 Å². The van der Waals surface area contributed by atoms with Gasteiger partial charge in [-0.1, -0.05) is 6.92 Å². The highest BCUT2D eigenvalue weighted by Gasteiger charge is 2.38. The van der Waals surface area contributed by atoms with Gasteiger partial charge < -0.3 is 0 Å². The summed E-state index contributed by atoms with van der Waals surface area (Å²) in [5, 5.41) is 0. The Labute approximate surface area is 139 Å². The maximum atomic E-state index is 12.9. The molecule has 24 heavy (non-hydrogen) atoms. The highest BCUT2D eigenvalue weighted by atomic mass is 32.2. The molecule has 0 aliphatic carbocycles. The molecule has 0 amide bonds. The standard InChI is InChI=1S/C15H19F6NOS/c1-9(8-13(2,3)24(23)22-4)10-5-11(14(16,17)18)7-12(6-10)15(19,20)21/h5-7,9,22H,8H2,1-4H3/t9-,24?/m0/s1. The van der Waals surface area contributed by atoms with Crippen LogP contribution in [-0.2, 0) is 23.3 Å². The summed E-state index contributed by atoms with van der Waals surface area (Å²) in [5.41, 5.74) is -2.77. The van der Waals surface area contributed by atoms with Crippen LogP contribution in [0, 0.1) is 0 Å². The van der Waals surface area contributed by atoms with Crippen molar-refractivity contribution >= 4 is 11.0 Å². The zero-order valence-corrected chi connectivity index (χ0v) is 14.4. The van der Waals surface area contributed by atoms with Crippen LogP contribution >= 0.6 is 0 Å². The molecular formula is C15H19F6NOS. The number of halogens is 6. The number of hydrogen-bond acceptors (Lipinski definition) is 1. The van der Waals surface area contributed by atoms with Crippen LogP contribution in [0.1, 0.15) is 49.8 Å². The van der Waals surface area contributed by atoms with Gasteiger partial charge >= 0.3 is 12.4 Å². The van der Waals surface area contributed by atoms with Crippen LogP contribution < -0.4 is 4.72 Å². The summed E-state index contributed by atoms with van der Waals surface area (Å²) in [6.07, 6.45) is -9.60. The Bertz CT molecular complexity index is 577. The Morgan fingerprint density at radius 2 is 1.42 bits per heavy atom. The molecule has 0 spiro atoms. The van der Waals surface area contributed by atoms with Gasteiger partial charge in [-0.2, -0.15) is 26.3 Å². The average molecular weight is 375 g/mol. The van der Waals surface area contributed by atoms with E-state index in [2.05, 4.69) is 4.72 Å². The second kappa shape index (κ2) is 7.03. The second-order valence-corrected chi connectivity index (χ2v) is 8.23. The Morgan fingerprint density at radius 1 is 1.00 bits per heavy atom. The van der Waals surface area contributed by atoms with Crippen molar-refractivity contribution in [2.45, 2.75) is 50.2 Å². The van der Waals surface area contributed by atoms with Gasteiger partial charge in [0.15, 0.2) is 0 Å². The number of hydrogen-bond donors (Lipinski definition) is 1. The van der Waals surface area contributed by atoms with Crippen molar-refractivity contribution in [3.8, 4) is 0 Å². The lowest BCUT2D eigenvalue weighted by molar-refractivity contribution is -0.143. The molecule has 2 nitrogen and oxygen atoms in total. The van der Waals surface area contributed by atoms with Gasteiger partial charge in [-0.25, -0.2) is 8.93 Å². The molecule has 138 valence electrons. The number of nitrogens with one attached hydrogen (secondary N) is 1. The van der Waals surface area contributed by atoms with Gasteiger partial charge in [-0.3, -0.25) is 0 Å². The summed E-state index contributed by atoms with van der Waals surface area (Å²) < 4.78 is 91.0. The van der Waals surface area contributed by atoms with Crippen molar-refractivity contribution in [3.05, 3.63) is 34.9 Å². The first-order valence-corrected chi connectivity index (χ1v) is 8.22. The first-order chi connectivity index (χ1) is 10.7. The average Bonchev–Trinajstić information content (AvgIpc) is 2.43. The van der Waals surface area contributed by atoms with Gasteiger partial charge in [0.2, 0.25) is 0 Å². The molecule has 1 aromatic rings. The Kier molecular flexibility index (Phi) is 6.14. The minimum Gasteiger partial charge on any atom is -0.242 e. The van der Waals surface area contributed by atoms with Crippen molar-refractivity contribution in [3.63, 3.8) is 0 Å². The smallest absolute Gasteiger partial charge is 0.242 e. The van der Waals surface area contributed by atoms with Crippen LogP contribution in [0.25, 0.3) is 0 Å². The van der Waals surface area contributed by atoms with E-state index in [1.54, 1.807) is 13.8 Å². The van der Waals surface area contributed by atoms with Gasteiger partial charge in [0.1, 0.15) is 0 Å². The van der Waals surface area contributed by atoms with Crippen LogP contribution in [0.5, 0.6) is 0 Å². The fourth-order valence-corrected chi connectivity index (χ4v) is 3.42. The lowest BCUT2D eigenvalue weighted by atomic mass is 9.89. The Hall–Kier alpha value is -1.09. The molecule has 0 saturated heterocycles. The fourth-order valence-electron chi connectivity index (χ4n) is 2.47. The van der Waals surface area contributed by atoms with Crippen LogP contribution in [0.15, 0.2) is 18.2 Å². The van der Waals surface area contributed by atoms with Crippen molar-refractivity contribution in [1.29, 1.82) is 0 Å². The minimum absolute atomic E-state index is 0.0849. The predicted octanol–water partition coefficient (Wildman–Crippen LogP) is 4.88. The summed E-state index contributed by atoms with van der Waals surface area (Å²) in [4.78, 5) is 0. The monoisotopic (exact) mass is 375 g/mol. The quantitative estimate of drug-likeness (QED) is 0.731. The largest absolute Gasteiger partial charge is 0.416 e. The summed E-state index contributed by atoms with van der Waals surface area (Å²) in [5.74, 6) is -0.638. The summed E-state index contributed by atoms with van der Waals surface area (Å²) >= 11 is 0. The van der Waals surface area contributed by atoms with E-state index < -0.39 is 45.1 Å². The first-order valence-electron chi connectivity index (χ1n) is 7.07. The molecule has 0 bridgehead atoms. The molecule has 1 aromatic carbocycles. The van der Waals surface area contributed by atoms with E-state index >= 15 is 0 Å². The van der Waals surface area contributed by atoms with Gasteiger partial charge in [-0.15, -0.1) is 0 Å². The van der Waals surface area contributed by atoms with Crippen LogP contribution in [-0.4, -0.2) is 16.0 Å². The number of rotatable bonds is 5. The zero-order chi connectivity index (χ0) is 18.9. The third kappa shape index (κ3) is 5.20. The highest BCUT2D eigenvalue weighted by molar-refractivity contribution is 7.84. The Balaban J connectivity index is 3.30. The molecule has 0 aromatic heterocycles. The summed E-state index contributed by atoms with van der Waals surface area (Å²) in [7, 11) is -0.00417. The minimum atomic E-state index is -4.88. The van der Waals surface area contributed by atoms with Crippen LogP contribution in [0.2, 0.25) is 0 Å². The number of benzene rings is 1. The van der Waals surface area contributed by atoms with E-state index in [1.807, 2.05) is 0 Å². The second-order valence-electron chi connectivity index (χ2n) is 6.18. The molecule has 1 rings (SSSR count). The molecule has 0 fully saturated rings. The summed E-state index contributed by atoms with van der Waals surface area (Å²) in [6, 6.07) is 1.55. The third-order valence-electron chi connectivity index (χ3n) is 3.66. The molecular weight excluding hydrogens is 356 g/mol. The molecule has 9 heteroatoms. The van der Waals surface area contributed by atoms with Gasteiger partial charge in [-0.05, 0) is 57.0 Å². The predicted molar refractivity (Wildman–Crippen MR) is 80.8 cm³/mol. The fraction of sp³-hybridized carbons (Fsp3) is 0.600. The van der Waals surface area contributed by atoms with Crippen LogP contribution in [0.3, 0.4) is 0 Å². The maximum Gasteiger partial charge on any atom is 0.416 e. The highest BCUT2D eigenvalue weighted by Crippen LogP contribution is 2.39. The molecule has 2 atom stereocenters. The topological polar surface area (TPSA) is 29.1 Å². The SMILES string of the molecule is CNS(=O)C(C)(C)C[C@H](C)c1cc(C(F)(F)F)cc(C(F)(F)F)c1. The van der Waals surface area contributed by atoms with E-state index in [4.69, 9.17) is 0 Å². The molecule has 0 aliphatic heterocycles. The lowest BCUT2D eigenvalue weighted by Gasteiger charge is -2.27. The van der Waals surface area contributed by atoms with Gasteiger partial charge in [0.05, 0.1) is 26.9 Å². The third-order valence-corrected chi connectivity index (χ3v) is 5.21. The molecule has 1 N–H and O–H groups in total. The van der Waals surface area contributed by atoms with Crippen molar-refractivity contribution in [2.24, 2.45) is 0 Å². The molecule has 1 unspecified atom stereocenters. The zero-order valence-electron chi connectivity index (χ0n) is 13.6. The molecule has 0 saturated carbocycles. The van der Waals surface area contributed by atoms with Crippen molar-refractivity contribution in [1.82, 2.24) is 4.72 Å². The molecule has 0 radical (unpaired) electrons. The van der Waals surface area contributed by atoms with Gasteiger partial charge in [0.25, 0.3) is 0 Å². The van der Waals surface area contributed by atoms with Crippen molar-refractivity contribution in [2.75, 3.05) is 7.05 Å². The normalized spacial score (nSPS) is 16.1. The van der Waals surface area contributed by atoms with E-state index in [0.717, 1.165) is 12.1 Å². The summed E-state index contributed by atoms with van der Waals surface area (Å²) in [6.45, 7) is 4.78. The lowest BCUT2D eigenvalue weighted by Crippen LogP contribution is -2.35. The van der Waals surface area contributed by atoms with E-state index in [1.165, 1.54) is 14.0 Å². The maximum absolute atomic E-state index is 12.9. The van der Waals surface area contributed by atoms with Crippen molar-refractivity contribution < 1.29 is 30.6 Å². The Morgan fingerprint density at radius 3 is 1.75 bits per heavy atom. The first kappa shape index (κ1) is 21.0. The molecule has 0 aliphatic rings. The van der Waals surface area contributed by atoms with Crippen LogP contribution in [0.4, 0.5) is 26.3 Å². The van der Waals surface area contributed by atoms with E-state index in [-0.39, 0.29) is 18.1 Å². The van der Waals surface area contributed by atoms with E-state index in [0.29, 0.717) is 0 Å². The number of alkyl halides is 6.